The maximum Gasteiger partial charge on any atom is 0.233 e. The third kappa shape index (κ3) is 4.31. The van der Waals surface area contributed by atoms with E-state index in [4.69, 9.17) is 0 Å². The lowest BCUT2D eigenvalue weighted by Gasteiger charge is -2.25. The van der Waals surface area contributed by atoms with Crippen molar-refractivity contribution in [1.29, 1.82) is 0 Å². The fraction of sp³-hybridized carbons (Fsp3) is 0.542. The number of aliphatic imine (C=N–C) groups is 1. The quantitative estimate of drug-likeness (QED) is 0.258. The van der Waals surface area contributed by atoms with Crippen LogP contribution in [-0.4, -0.2) is 55.4 Å². The van der Waals surface area contributed by atoms with Gasteiger partial charge in [-0.2, -0.15) is 0 Å². The molecule has 3 N–H and O–H groups in total. The van der Waals surface area contributed by atoms with Gasteiger partial charge in [-0.15, -0.1) is 0 Å². The molecule has 0 aromatic heterocycles. The van der Waals surface area contributed by atoms with Gasteiger partial charge in [0.05, 0.1) is 11.8 Å². The molecule has 2 aliphatic carbocycles. The fourth-order valence-corrected chi connectivity index (χ4v) is 5.10. The highest BCUT2D eigenvalue weighted by atomic mass is 16.2. The minimum atomic E-state index is -0.129. The van der Waals surface area contributed by atoms with Crippen LogP contribution < -0.4 is 16.0 Å². The Balaban J connectivity index is 1.25. The number of fused-ring (bicyclic) bond motifs is 5. The lowest BCUT2D eigenvalue weighted by Crippen LogP contribution is -2.47. The van der Waals surface area contributed by atoms with Crippen LogP contribution in [0.5, 0.6) is 0 Å². The third-order valence-corrected chi connectivity index (χ3v) is 6.83. The number of likely N-dealkylation sites (tertiary alicyclic amines) is 1. The summed E-state index contributed by atoms with van der Waals surface area (Å²) in [4.78, 5) is 31.3. The largest absolute Gasteiger partial charge is 0.380 e. The van der Waals surface area contributed by atoms with E-state index < -0.39 is 0 Å². The molecule has 4 rings (SSSR count). The van der Waals surface area contributed by atoms with Crippen LogP contribution in [0.25, 0.3) is 0 Å². The lowest BCUT2D eigenvalue weighted by atomic mass is 9.85. The number of para-hydroxylation sites is 1. The number of nitrogens with one attached hydrogen (secondary N) is 3. The number of rotatable bonds is 8. The average Bonchev–Trinajstić information content (AvgIpc) is 3.45. The van der Waals surface area contributed by atoms with Crippen LogP contribution in [-0.2, 0) is 9.59 Å². The number of imide groups is 1. The minimum Gasteiger partial charge on any atom is -0.380 e. The molecule has 2 amide bonds. The van der Waals surface area contributed by atoms with Gasteiger partial charge in [0.1, 0.15) is 0 Å². The zero-order valence-electron chi connectivity index (χ0n) is 18.5. The Morgan fingerprint density at radius 1 is 1.06 bits per heavy atom. The first kappa shape index (κ1) is 21.4. The second-order valence-corrected chi connectivity index (χ2v) is 9.07. The van der Waals surface area contributed by atoms with E-state index >= 15 is 0 Å². The molecular formula is C24H33N5O2. The molecule has 5 unspecified atom stereocenters. The maximum atomic E-state index is 12.8. The number of carbonyl (C=O) groups excluding carboxylic acids is 2. The van der Waals surface area contributed by atoms with Gasteiger partial charge >= 0.3 is 0 Å². The second-order valence-electron chi connectivity index (χ2n) is 9.07. The Bertz CT molecular complexity index is 836. The topological polar surface area (TPSA) is 85.8 Å². The number of carbonyl (C=O) groups is 2. The molecule has 7 nitrogen and oxygen atoms in total. The van der Waals surface area contributed by atoms with E-state index in [1.807, 2.05) is 18.2 Å². The zero-order chi connectivity index (χ0) is 22.0. The van der Waals surface area contributed by atoms with E-state index in [2.05, 4.69) is 59.1 Å². The Hall–Kier alpha value is -2.83. The van der Waals surface area contributed by atoms with Crippen LogP contribution in [0, 0.1) is 29.6 Å². The standard InChI is InChI=1S/C24H33N5O2/c1-15(2)19(28-18-7-5-4-6-8-18)14-27-24(25-3)26-11-12-29-22(30)20-16-9-10-17(13-16)21(20)23(29)31/h4-10,15-17,19-21,28H,11-14H2,1-3H3,(H2,25,26,27). The predicted octanol–water partition coefficient (Wildman–Crippen LogP) is 2.10. The first-order chi connectivity index (χ1) is 15.0. The first-order valence-corrected chi connectivity index (χ1v) is 11.3. The van der Waals surface area contributed by atoms with Crippen LogP contribution >= 0.6 is 0 Å². The highest BCUT2D eigenvalue weighted by Crippen LogP contribution is 2.52. The molecule has 5 atom stereocenters. The minimum absolute atomic E-state index is 0.00327. The van der Waals surface area contributed by atoms with Gasteiger partial charge in [0.2, 0.25) is 11.8 Å². The van der Waals surface area contributed by atoms with Crippen LogP contribution in [0.3, 0.4) is 0 Å². The molecule has 0 radical (unpaired) electrons. The summed E-state index contributed by atoms with van der Waals surface area (Å²) in [6, 6.07) is 10.4. The molecule has 31 heavy (non-hydrogen) atoms. The van der Waals surface area contributed by atoms with Crippen molar-refractivity contribution in [3.63, 3.8) is 0 Å². The van der Waals surface area contributed by atoms with Crippen LogP contribution in [0.15, 0.2) is 47.5 Å². The van der Waals surface area contributed by atoms with Crippen molar-refractivity contribution >= 4 is 23.5 Å². The summed E-state index contributed by atoms with van der Waals surface area (Å²) in [6.45, 7) is 5.93. The number of nitrogens with zero attached hydrogens (tertiary/aromatic N) is 2. The van der Waals surface area contributed by atoms with Gasteiger partial charge in [-0.25, -0.2) is 0 Å². The van der Waals surface area contributed by atoms with Gasteiger partial charge in [0.15, 0.2) is 5.96 Å². The summed E-state index contributed by atoms with van der Waals surface area (Å²) in [5, 5.41) is 10.2. The highest BCUT2D eigenvalue weighted by molar-refractivity contribution is 6.06. The summed E-state index contributed by atoms with van der Waals surface area (Å²) >= 11 is 0. The van der Waals surface area contributed by atoms with E-state index in [1.54, 1.807) is 7.05 Å². The summed E-state index contributed by atoms with van der Waals surface area (Å²) < 4.78 is 0. The average molecular weight is 424 g/mol. The van der Waals surface area contributed by atoms with E-state index in [-0.39, 0.29) is 41.5 Å². The van der Waals surface area contributed by atoms with Crippen molar-refractivity contribution in [1.82, 2.24) is 15.5 Å². The monoisotopic (exact) mass is 423 g/mol. The van der Waals surface area contributed by atoms with E-state index in [0.29, 0.717) is 31.5 Å². The van der Waals surface area contributed by atoms with Crippen LogP contribution in [0.2, 0.25) is 0 Å². The first-order valence-electron chi connectivity index (χ1n) is 11.3. The van der Waals surface area contributed by atoms with E-state index in [9.17, 15) is 9.59 Å². The molecule has 1 aromatic rings. The van der Waals surface area contributed by atoms with Crippen molar-refractivity contribution in [2.75, 3.05) is 32.0 Å². The van der Waals surface area contributed by atoms with Gasteiger partial charge in [0, 0.05) is 38.4 Å². The number of amides is 2. The van der Waals surface area contributed by atoms with Gasteiger partial charge < -0.3 is 16.0 Å². The Morgan fingerprint density at radius 3 is 2.29 bits per heavy atom. The normalized spacial score (nSPS) is 27.7. The molecule has 0 spiro atoms. The SMILES string of the molecule is CN=C(NCCN1C(=O)C2C3C=CC(C3)C2C1=O)NCC(Nc1ccccc1)C(C)C. The molecule has 1 aromatic carbocycles. The number of guanidine groups is 1. The number of anilines is 1. The second kappa shape index (κ2) is 9.12. The van der Waals surface area contributed by atoms with Crippen molar-refractivity contribution in [3.8, 4) is 0 Å². The van der Waals surface area contributed by atoms with Crippen molar-refractivity contribution in [2.24, 2.45) is 34.6 Å². The number of allylic oxidation sites excluding steroid dienone is 2. The molecule has 2 fully saturated rings. The van der Waals surface area contributed by atoms with Gasteiger partial charge in [-0.3, -0.25) is 19.5 Å². The molecule has 7 heteroatoms. The molecular weight excluding hydrogens is 390 g/mol. The number of hydrogen-bond donors (Lipinski definition) is 3. The van der Waals surface area contributed by atoms with Crippen LogP contribution in [0.4, 0.5) is 5.69 Å². The van der Waals surface area contributed by atoms with E-state index in [1.165, 1.54) is 4.90 Å². The third-order valence-electron chi connectivity index (χ3n) is 6.83. The molecule has 1 saturated heterocycles. The van der Waals surface area contributed by atoms with Gasteiger partial charge in [0.25, 0.3) is 0 Å². The van der Waals surface area contributed by atoms with Crippen LogP contribution in [0.1, 0.15) is 20.3 Å². The molecule has 2 bridgehead atoms. The predicted molar refractivity (Wildman–Crippen MR) is 122 cm³/mol. The fourth-order valence-electron chi connectivity index (χ4n) is 5.10. The number of hydrogen-bond acceptors (Lipinski definition) is 4. The van der Waals surface area contributed by atoms with Gasteiger partial charge in [-0.1, -0.05) is 44.2 Å². The number of benzene rings is 1. The molecule has 1 heterocycles. The zero-order valence-corrected chi connectivity index (χ0v) is 18.5. The Morgan fingerprint density at radius 2 is 1.71 bits per heavy atom. The summed E-state index contributed by atoms with van der Waals surface area (Å²) in [7, 11) is 1.73. The summed E-state index contributed by atoms with van der Waals surface area (Å²) in [5.74, 6) is 1.35. The molecule has 166 valence electrons. The maximum absolute atomic E-state index is 12.8. The Kier molecular flexibility index (Phi) is 6.30. The summed E-state index contributed by atoms with van der Waals surface area (Å²) in [6.07, 6.45) is 5.21. The Labute approximate surface area is 184 Å². The highest BCUT2D eigenvalue weighted by Gasteiger charge is 2.58. The van der Waals surface area contributed by atoms with Crippen molar-refractivity contribution in [2.45, 2.75) is 26.3 Å². The van der Waals surface area contributed by atoms with Crippen molar-refractivity contribution in [3.05, 3.63) is 42.5 Å². The molecule has 3 aliphatic rings. The molecule has 1 saturated carbocycles. The lowest BCUT2D eigenvalue weighted by molar-refractivity contribution is -0.140. The van der Waals surface area contributed by atoms with E-state index in [0.717, 1.165) is 12.1 Å². The molecule has 1 aliphatic heterocycles. The smallest absolute Gasteiger partial charge is 0.233 e. The van der Waals surface area contributed by atoms with Crippen molar-refractivity contribution < 1.29 is 9.59 Å². The van der Waals surface area contributed by atoms with Gasteiger partial charge in [-0.05, 0) is 36.3 Å². The summed E-state index contributed by atoms with van der Waals surface area (Å²) in [5.41, 5.74) is 1.09.